The van der Waals surface area contributed by atoms with E-state index >= 15 is 0 Å². The van der Waals surface area contributed by atoms with Crippen LogP contribution in [0.2, 0.25) is 0 Å². The highest BCUT2D eigenvalue weighted by Gasteiger charge is 2.09. The Morgan fingerprint density at radius 2 is 1.67 bits per heavy atom. The molecule has 0 unspecified atom stereocenters. The topological polar surface area (TPSA) is 28.7 Å². The summed E-state index contributed by atoms with van der Waals surface area (Å²) >= 11 is 1.20. The fourth-order valence-electron chi connectivity index (χ4n) is 2.08. The van der Waals surface area contributed by atoms with Gasteiger partial charge in [0, 0.05) is 22.2 Å². The molecule has 2 aromatic carbocycles. The third kappa shape index (κ3) is 1.77. The lowest BCUT2D eigenvalue weighted by Crippen LogP contribution is -1.90. The number of benzene rings is 2. The van der Waals surface area contributed by atoms with E-state index in [1.54, 1.807) is 0 Å². The molecule has 3 heteroatoms. The van der Waals surface area contributed by atoms with Crippen molar-refractivity contribution in [3.8, 4) is 11.1 Å². The Bertz CT molecular complexity index is 723. The Balaban J connectivity index is 2.28. The van der Waals surface area contributed by atoms with Crippen LogP contribution in [0.4, 0.5) is 0 Å². The van der Waals surface area contributed by atoms with Gasteiger partial charge in [-0.05, 0) is 30.0 Å². The van der Waals surface area contributed by atoms with Crippen molar-refractivity contribution in [1.82, 2.24) is 4.57 Å². The van der Waals surface area contributed by atoms with E-state index in [4.69, 9.17) is 5.26 Å². The molecule has 0 spiro atoms. The molecule has 0 atom stereocenters. The summed E-state index contributed by atoms with van der Waals surface area (Å²) < 4.78 is 2.12. The lowest BCUT2D eigenvalue weighted by molar-refractivity contribution is 1.11. The van der Waals surface area contributed by atoms with Gasteiger partial charge >= 0.3 is 0 Å². The van der Waals surface area contributed by atoms with Crippen LogP contribution in [0.25, 0.3) is 16.6 Å². The number of hydrogen-bond donors (Lipinski definition) is 0. The molecule has 0 amide bonds. The second-order valence-electron chi connectivity index (χ2n) is 3.91. The van der Waals surface area contributed by atoms with E-state index in [0.717, 1.165) is 21.5 Å². The first-order valence-electron chi connectivity index (χ1n) is 5.61. The molecule has 0 aliphatic heterocycles. The molecule has 0 fully saturated rings. The summed E-state index contributed by atoms with van der Waals surface area (Å²) in [6, 6.07) is 18.3. The van der Waals surface area contributed by atoms with Crippen LogP contribution in [-0.2, 0) is 0 Å². The van der Waals surface area contributed by atoms with Gasteiger partial charge < -0.3 is 4.57 Å². The van der Waals surface area contributed by atoms with E-state index in [1.807, 2.05) is 36.5 Å². The first kappa shape index (κ1) is 10.9. The monoisotopic (exact) mass is 250 g/mol. The van der Waals surface area contributed by atoms with Gasteiger partial charge in [-0.3, -0.25) is 0 Å². The van der Waals surface area contributed by atoms with Crippen LogP contribution in [0.1, 0.15) is 0 Å². The van der Waals surface area contributed by atoms with Crippen LogP contribution in [0.5, 0.6) is 0 Å². The van der Waals surface area contributed by atoms with Crippen molar-refractivity contribution in [2.75, 3.05) is 0 Å². The molecule has 0 bridgehead atoms. The number of thiocyanates is 1. The quantitative estimate of drug-likeness (QED) is 0.503. The summed E-state index contributed by atoms with van der Waals surface area (Å²) in [7, 11) is 0. The first-order valence-corrected chi connectivity index (χ1v) is 6.43. The smallest absolute Gasteiger partial charge is 0.138 e. The summed E-state index contributed by atoms with van der Waals surface area (Å²) in [5, 5.41) is 12.1. The molecule has 86 valence electrons. The largest absolute Gasteiger partial charge is 0.315 e. The Kier molecular flexibility index (Phi) is 2.79. The average molecular weight is 250 g/mol. The molecular formula is C15H10N2S. The predicted octanol–water partition coefficient (Wildman–Crippen LogP) is 4.20. The van der Waals surface area contributed by atoms with Gasteiger partial charge in [0.2, 0.25) is 0 Å². The second kappa shape index (κ2) is 4.59. The van der Waals surface area contributed by atoms with E-state index in [0.29, 0.717) is 0 Å². The fraction of sp³-hybridized carbons (Fsp3) is 0. The average Bonchev–Trinajstić information content (AvgIpc) is 2.80. The van der Waals surface area contributed by atoms with Crippen LogP contribution >= 0.6 is 11.8 Å². The van der Waals surface area contributed by atoms with Gasteiger partial charge in [-0.15, -0.1) is 0 Å². The molecular weight excluding hydrogens is 240 g/mol. The van der Waals surface area contributed by atoms with Crippen LogP contribution in [0.3, 0.4) is 0 Å². The van der Waals surface area contributed by atoms with Crippen LogP contribution in [0, 0.1) is 10.7 Å². The second-order valence-corrected chi connectivity index (χ2v) is 4.74. The summed E-state index contributed by atoms with van der Waals surface area (Å²) in [4.78, 5) is 0.997. The minimum Gasteiger partial charge on any atom is -0.315 e. The zero-order valence-corrected chi connectivity index (χ0v) is 10.4. The molecule has 0 saturated heterocycles. The summed E-state index contributed by atoms with van der Waals surface area (Å²) in [6.07, 6.45) is 2.02. The number of nitrogens with zero attached hydrogens (tertiary/aromatic N) is 2. The van der Waals surface area contributed by atoms with Gasteiger partial charge in [-0.25, -0.2) is 0 Å². The van der Waals surface area contributed by atoms with E-state index in [2.05, 4.69) is 34.2 Å². The summed E-state index contributed by atoms with van der Waals surface area (Å²) in [5.74, 6) is 0. The lowest BCUT2D eigenvalue weighted by atomic mass is 10.2. The standard InChI is InChI=1S/C15H10N2S/c16-11-18-15-10-17(12-6-2-1-3-7-12)14-9-5-4-8-13(14)15/h1-10H. The highest BCUT2D eigenvalue weighted by Crippen LogP contribution is 2.31. The maximum atomic E-state index is 8.86. The molecule has 2 nitrogen and oxygen atoms in total. The first-order chi connectivity index (χ1) is 8.90. The van der Waals surface area contributed by atoms with Gasteiger partial charge in [-0.2, -0.15) is 5.26 Å². The highest BCUT2D eigenvalue weighted by atomic mass is 32.2. The Labute approximate surface area is 109 Å². The molecule has 0 N–H and O–H groups in total. The van der Waals surface area contributed by atoms with Gasteiger partial charge in [0.05, 0.1) is 5.52 Å². The maximum Gasteiger partial charge on any atom is 0.138 e. The Morgan fingerprint density at radius 3 is 2.44 bits per heavy atom. The number of rotatable bonds is 2. The highest BCUT2D eigenvalue weighted by molar-refractivity contribution is 8.04. The zero-order chi connectivity index (χ0) is 12.4. The van der Waals surface area contributed by atoms with E-state index < -0.39 is 0 Å². The maximum absolute atomic E-state index is 8.86. The number of nitriles is 1. The van der Waals surface area contributed by atoms with Crippen molar-refractivity contribution in [2.24, 2.45) is 0 Å². The summed E-state index contributed by atoms with van der Waals surface area (Å²) in [6.45, 7) is 0. The number of thioether (sulfide) groups is 1. The third-order valence-electron chi connectivity index (χ3n) is 2.87. The zero-order valence-electron chi connectivity index (χ0n) is 9.58. The molecule has 0 aliphatic rings. The van der Waals surface area contributed by atoms with E-state index in [1.165, 1.54) is 11.8 Å². The molecule has 1 heterocycles. The van der Waals surface area contributed by atoms with Crippen molar-refractivity contribution >= 4 is 22.7 Å². The van der Waals surface area contributed by atoms with Gasteiger partial charge in [0.15, 0.2) is 0 Å². The number of hydrogen-bond acceptors (Lipinski definition) is 2. The van der Waals surface area contributed by atoms with Gasteiger partial charge in [0.25, 0.3) is 0 Å². The Hall–Kier alpha value is -2.18. The molecule has 1 aromatic heterocycles. The Morgan fingerprint density at radius 1 is 0.944 bits per heavy atom. The predicted molar refractivity (Wildman–Crippen MR) is 74.7 cm³/mol. The van der Waals surface area contributed by atoms with Crippen molar-refractivity contribution in [3.63, 3.8) is 0 Å². The van der Waals surface area contributed by atoms with Gasteiger partial charge in [-0.1, -0.05) is 36.4 Å². The number of fused-ring (bicyclic) bond motifs is 1. The van der Waals surface area contributed by atoms with E-state index in [-0.39, 0.29) is 0 Å². The van der Waals surface area contributed by atoms with Crippen molar-refractivity contribution in [1.29, 1.82) is 5.26 Å². The molecule has 3 aromatic rings. The van der Waals surface area contributed by atoms with Crippen LogP contribution < -0.4 is 0 Å². The summed E-state index contributed by atoms with van der Waals surface area (Å²) in [5.41, 5.74) is 2.24. The minimum absolute atomic E-state index is 0.997. The SMILES string of the molecule is N#CSc1cn(-c2ccccc2)c2ccccc12. The molecule has 3 rings (SSSR count). The van der Waals surface area contributed by atoms with Crippen LogP contribution in [0.15, 0.2) is 65.7 Å². The van der Waals surface area contributed by atoms with Crippen molar-refractivity contribution < 1.29 is 0 Å². The lowest BCUT2D eigenvalue weighted by Gasteiger charge is -2.03. The van der Waals surface area contributed by atoms with Crippen LogP contribution in [-0.4, -0.2) is 4.57 Å². The number of para-hydroxylation sites is 2. The van der Waals surface area contributed by atoms with Crippen molar-refractivity contribution in [3.05, 3.63) is 60.8 Å². The molecule has 0 radical (unpaired) electrons. The van der Waals surface area contributed by atoms with Gasteiger partial charge in [0.1, 0.15) is 5.40 Å². The van der Waals surface area contributed by atoms with Crippen molar-refractivity contribution in [2.45, 2.75) is 4.90 Å². The molecule has 18 heavy (non-hydrogen) atoms. The third-order valence-corrected chi connectivity index (χ3v) is 3.50. The normalized spacial score (nSPS) is 10.4. The number of aromatic nitrogens is 1. The molecule has 0 saturated carbocycles. The molecule has 0 aliphatic carbocycles. The minimum atomic E-state index is 0.997. The van der Waals surface area contributed by atoms with E-state index in [9.17, 15) is 0 Å². The fourth-order valence-corrected chi connectivity index (χ4v) is 2.62.